The average molecular weight is 314 g/mol. The summed E-state index contributed by atoms with van der Waals surface area (Å²) in [6.45, 7) is 8.38. The largest absolute Gasteiger partial charge is 0.382 e. The van der Waals surface area contributed by atoms with Gasteiger partial charge < -0.3 is 14.8 Å². The highest BCUT2D eigenvalue weighted by atomic mass is 35.5. The van der Waals surface area contributed by atoms with Crippen LogP contribution < -0.4 is 5.32 Å². The summed E-state index contributed by atoms with van der Waals surface area (Å²) in [4.78, 5) is 0. The molecule has 1 aromatic rings. The van der Waals surface area contributed by atoms with E-state index in [9.17, 15) is 0 Å². The van der Waals surface area contributed by atoms with Gasteiger partial charge in [0.2, 0.25) is 0 Å². The first-order valence-electron chi connectivity index (χ1n) is 7.67. The van der Waals surface area contributed by atoms with Gasteiger partial charge >= 0.3 is 0 Å². The summed E-state index contributed by atoms with van der Waals surface area (Å²) in [7, 11) is 1.69. The third-order valence-electron chi connectivity index (χ3n) is 3.33. The lowest BCUT2D eigenvalue weighted by molar-refractivity contribution is 0.0669. The first-order valence-corrected chi connectivity index (χ1v) is 8.04. The lowest BCUT2D eigenvalue weighted by Crippen LogP contribution is -2.26. The van der Waals surface area contributed by atoms with Gasteiger partial charge in [-0.05, 0) is 36.4 Å². The summed E-state index contributed by atoms with van der Waals surface area (Å²) in [5.74, 6) is 1.02. The van der Waals surface area contributed by atoms with Crippen molar-refractivity contribution in [2.75, 3.05) is 40.0 Å². The predicted octanol–water partition coefficient (Wildman–Crippen LogP) is 3.72. The normalized spacial score (nSPS) is 12.8. The average Bonchev–Trinajstić information content (AvgIpc) is 2.45. The van der Waals surface area contributed by atoms with Crippen LogP contribution in [0.4, 0.5) is 0 Å². The predicted molar refractivity (Wildman–Crippen MR) is 89.2 cm³/mol. The molecule has 0 saturated heterocycles. The van der Waals surface area contributed by atoms with Crippen LogP contribution in [0.25, 0.3) is 0 Å². The van der Waals surface area contributed by atoms with E-state index >= 15 is 0 Å². The van der Waals surface area contributed by atoms with Crippen LogP contribution >= 0.6 is 11.6 Å². The van der Waals surface area contributed by atoms with Crippen LogP contribution in [0.1, 0.15) is 31.7 Å². The molecule has 1 rings (SSSR count). The van der Waals surface area contributed by atoms with Crippen molar-refractivity contribution in [2.45, 2.75) is 26.2 Å². The summed E-state index contributed by atoms with van der Waals surface area (Å²) >= 11 is 6.33. The number of benzene rings is 1. The van der Waals surface area contributed by atoms with Gasteiger partial charge in [0.15, 0.2) is 0 Å². The molecule has 3 nitrogen and oxygen atoms in total. The second-order valence-electron chi connectivity index (χ2n) is 5.66. The van der Waals surface area contributed by atoms with Gasteiger partial charge in [-0.2, -0.15) is 0 Å². The highest BCUT2D eigenvalue weighted by Gasteiger charge is 2.14. The lowest BCUT2D eigenvalue weighted by atomic mass is 9.95. The number of rotatable bonds is 11. The van der Waals surface area contributed by atoms with E-state index in [1.54, 1.807) is 7.11 Å². The molecule has 1 atom stereocenters. The van der Waals surface area contributed by atoms with E-state index in [0.29, 0.717) is 25.0 Å². The molecule has 0 amide bonds. The Bertz CT molecular complexity index is 385. The Hall–Kier alpha value is -0.610. The van der Waals surface area contributed by atoms with E-state index < -0.39 is 0 Å². The molecule has 0 aliphatic carbocycles. The van der Waals surface area contributed by atoms with Gasteiger partial charge in [0.1, 0.15) is 0 Å². The number of methoxy groups -OCH3 is 1. The standard InChI is InChI=1S/C17H28ClNO2/c1-14(2)12-19-13-15(8-9-21-11-10-20-3)16-6-4-5-7-17(16)18/h4-7,14-15,19H,8-13H2,1-3H3. The van der Waals surface area contributed by atoms with Crippen LogP contribution in [-0.2, 0) is 9.47 Å². The molecule has 0 spiro atoms. The third-order valence-corrected chi connectivity index (χ3v) is 3.68. The molecule has 120 valence electrons. The van der Waals surface area contributed by atoms with Gasteiger partial charge in [0.25, 0.3) is 0 Å². The molecule has 21 heavy (non-hydrogen) atoms. The lowest BCUT2D eigenvalue weighted by Gasteiger charge is -2.20. The molecule has 0 aliphatic heterocycles. The van der Waals surface area contributed by atoms with Gasteiger partial charge in [-0.1, -0.05) is 43.6 Å². The maximum absolute atomic E-state index is 6.33. The summed E-state index contributed by atoms with van der Waals surface area (Å²) < 4.78 is 10.6. The molecule has 1 unspecified atom stereocenters. The SMILES string of the molecule is COCCOCCC(CNCC(C)C)c1ccccc1Cl. The molecule has 0 radical (unpaired) electrons. The molecule has 4 heteroatoms. The van der Waals surface area contributed by atoms with Crippen LogP contribution in [0.5, 0.6) is 0 Å². The molecule has 0 heterocycles. The van der Waals surface area contributed by atoms with Crippen molar-refractivity contribution in [3.05, 3.63) is 34.9 Å². The number of hydrogen-bond acceptors (Lipinski definition) is 3. The third kappa shape index (κ3) is 7.82. The van der Waals surface area contributed by atoms with E-state index in [4.69, 9.17) is 21.1 Å². The molecule has 0 fully saturated rings. The van der Waals surface area contributed by atoms with E-state index in [2.05, 4.69) is 25.2 Å². The quantitative estimate of drug-likeness (QED) is 0.632. The highest BCUT2D eigenvalue weighted by molar-refractivity contribution is 6.31. The minimum atomic E-state index is 0.375. The Morgan fingerprint density at radius 3 is 2.52 bits per heavy atom. The molecular weight excluding hydrogens is 286 g/mol. The van der Waals surface area contributed by atoms with Crippen molar-refractivity contribution >= 4 is 11.6 Å². The van der Waals surface area contributed by atoms with Crippen molar-refractivity contribution in [1.82, 2.24) is 5.32 Å². The van der Waals surface area contributed by atoms with Crippen molar-refractivity contribution in [3.63, 3.8) is 0 Å². The second kappa shape index (κ2) is 11.0. The highest BCUT2D eigenvalue weighted by Crippen LogP contribution is 2.26. The summed E-state index contributed by atoms with van der Waals surface area (Å²) in [6, 6.07) is 8.08. The number of nitrogens with one attached hydrogen (secondary N) is 1. The maximum Gasteiger partial charge on any atom is 0.0700 e. The molecule has 1 N–H and O–H groups in total. The maximum atomic E-state index is 6.33. The van der Waals surface area contributed by atoms with Crippen molar-refractivity contribution in [3.8, 4) is 0 Å². The first kappa shape index (κ1) is 18.4. The topological polar surface area (TPSA) is 30.5 Å². The number of hydrogen-bond donors (Lipinski definition) is 1. The molecule has 0 saturated carbocycles. The van der Waals surface area contributed by atoms with Gasteiger partial charge in [0.05, 0.1) is 13.2 Å². The Balaban J connectivity index is 2.51. The minimum Gasteiger partial charge on any atom is -0.382 e. The Labute approximate surface area is 134 Å². The zero-order chi connectivity index (χ0) is 15.5. The molecule has 0 bridgehead atoms. The van der Waals surface area contributed by atoms with Gasteiger partial charge in [-0.25, -0.2) is 0 Å². The van der Waals surface area contributed by atoms with Crippen LogP contribution in [0.2, 0.25) is 5.02 Å². The molecule has 0 aliphatic rings. The Kier molecular flexibility index (Phi) is 9.68. The van der Waals surface area contributed by atoms with E-state index in [1.807, 2.05) is 18.2 Å². The van der Waals surface area contributed by atoms with Gasteiger partial charge in [-0.3, -0.25) is 0 Å². The van der Waals surface area contributed by atoms with E-state index in [1.165, 1.54) is 5.56 Å². The zero-order valence-electron chi connectivity index (χ0n) is 13.4. The van der Waals surface area contributed by atoms with Crippen molar-refractivity contribution < 1.29 is 9.47 Å². The summed E-state index contributed by atoms with van der Waals surface area (Å²) in [5, 5.41) is 4.36. The smallest absolute Gasteiger partial charge is 0.0700 e. The zero-order valence-corrected chi connectivity index (χ0v) is 14.2. The fourth-order valence-electron chi connectivity index (χ4n) is 2.19. The van der Waals surface area contributed by atoms with Gasteiger partial charge in [-0.15, -0.1) is 0 Å². The number of halogens is 1. The molecule has 1 aromatic carbocycles. The van der Waals surface area contributed by atoms with Gasteiger partial charge in [0, 0.05) is 25.3 Å². The monoisotopic (exact) mass is 313 g/mol. The van der Waals surface area contributed by atoms with Crippen molar-refractivity contribution in [2.24, 2.45) is 5.92 Å². The second-order valence-corrected chi connectivity index (χ2v) is 6.07. The fraction of sp³-hybridized carbons (Fsp3) is 0.647. The van der Waals surface area contributed by atoms with Crippen molar-refractivity contribution in [1.29, 1.82) is 0 Å². The van der Waals surface area contributed by atoms with Crippen LogP contribution in [0.15, 0.2) is 24.3 Å². The van der Waals surface area contributed by atoms with E-state index in [-0.39, 0.29) is 0 Å². The molecule has 0 aromatic heterocycles. The first-order chi connectivity index (χ1) is 10.1. The minimum absolute atomic E-state index is 0.375. The van der Waals surface area contributed by atoms with Crippen LogP contribution in [-0.4, -0.2) is 40.0 Å². The van der Waals surface area contributed by atoms with E-state index in [0.717, 1.165) is 31.1 Å². The Morgan fingerprint density at radius 2 is 1.86 bits per heavy atom. The molecular formula is C17H28ClNO2. The van der Waals surface area contributed by atoms with Crippen LogP contribution in [0, 0.1) is 5.92 Å². The summed E-state index contributed by atoms with van der Waals surface area (Å²) in [6.07, 6.45) is 0.957. The van der Waals surface area contributed by atoms with Crippen LogP contribution in [0.3, 0.4) is 0 Å². The number of ether oxygens (including phenoxy) is 2. The fourth-order valence-corrected chi connectivity index (χ4v) is 2.48. The summed E-state index contributed by atoms with van der Waals surface area (Å²) in [5.41, 5.74) is 1.20. The Morgan fingerprint density at radius 1 is 1.10 bits per heavy atom.